The van der Waals surface area contributed by atoms with Gasteiger partial charge in [-0.3, -0.25) is 4.79 Å². The van der Waals surface area contributed by atoms with Crippen LogP contribution in [0, 0.1) is 5.92 Å². The summed E-state index contributed by atoms with van der Waals surface area (Å²) in [5.41, 5.74) is 0.921. The number of carbonyl (C=O) groups excluding carboxylic acids is 1. The standard InChI is InChI=1S/C19H21NO3/c1-13(2)16-5-4-12-20(16)19(21)18-11-10-17(23-18)14-6-8-15(22-3)9-7-14/h4-11,13,16H,12H2,1-3H3. The number of hydrogen-bond donors (Lipinski definition) is 0. The van der Waals surface area contributed by atoms with E-state index < -0.39 is 0 Å². The molecule has 120 valence electrons. The highest BCUT2D eigenvalue weighted by atomic mass is 16.5. The average molecular weight is 311 g/mol. The van der Waals surface area contributed by atoms with Crippen LogP contribution in [0.1, 0.15) is 24.4 Å². The van der Waals surface area contributed by atoms with E-state index in [1.54, 1.807) is 13.2 Å². The van der Waals surface area contributed by atoms with Crippen LogP contribution in [0.4, 0.5) is 0 Å². The molecule has 1 aliphatic rings. The number of amides is 1. The largest absolute Gasteiger partial charge is 0.497 e. The van der Waals surface area contributed by atoms with Gasteiger partial charge in [-0.15, -0.1) is 0 Å². The van der Waals surface area contributed by atoms with Crippen LogP contribution in [-0.4, -0.2) is 30.5 Å². The van der Waals surface area contributed by atoms with Crippen molar-refractivity contribution in [3.8, 4) is 17.1 Å². The molecule has 1 atom stereocenters. The van der Waals surface area contributed by atoms with Crippen LogP contribution in [0.15, 0.2) is 53.0 Å². The van der Waals surface area contributed by atoms with Crippen LogP contribution < -0.4 is 4.74 Å². The Balaban J connectivity index is 1.79. The first-order valence-electron chi connectivity index (χ1n) is 7.82. The van der Waals surface area contributed by atoms with Crippen LogP contribution in [-0.2, 0) is 0 Å². The number of methoxy groups -OCH3 is 1. The van der Waals surface area contributed by atoms with Crippen LogP contribution in [0.3, 0.4) is 0 Å². The Labute approximate surface area is 136 Å². The molecule has 3 rings (SSSR count). The number of carbonyl (C=O) groups is 1. The second kappa shape index (κ2) is 6.32. The van der Waals surface area contributed by atoms with E-state index in [4.69, 9.17) is 9.15 Å². The molecule has 0 radical (unpaired) electrons. The van der Waals surface area contributed by atoms with Gasteiger partial charge in [-0.1, -0.05) is 26.0 Å². The van der Waals surface area contributed by atoms with E-state index in [1.807, 2.05) is 41.3 Å². The summed E-state index contributed by atoms with van der Waals surface area (Å²) in [7, 11) is 1.63. The molecule has 1 aromatic carbocycles. The Bertz CT molecular complexity index is 712. The fraction of sp³-hybridized carbons (Fsp3) is 0.316. The lowest BCUT2D eigenvalue weighted by Gasteiger charge is -2.26. The fourth-order valence-corrected chi connectivity index (χ4v) is 2.84. The topological polar surface area (TPSA) is 42.7 Å². The molecule has 0 saturated carbocycles. The van der Waals surface area contributed by atoms with Crippen molar-refractivity contribution in [1.82, 2.24) is 4.90 Å². The molecule has 2 heterocycles. The van der Waals surface area contributed by atoms with Crippen LogP contribution in [0.2, 0.25) is 0 Å². The summed E-state index contributed by atoms with van der Waals surface area (Å²) in [5.74, 6) is 2.18. The van der Waals surface area contributed by atoms with Gasteiger partial charge in [-0.05, 0) is 42.3 Å². The van der Waals surface area contributed by atoms with Crippen molar-refractivity contribution in [2.75, 3.05) is 13.7 Å². The minimum atomic E-state index is -0.0616. The first-order chi connectivity index (χ1) is 11.1. The molecular formula is C19H21NO3. The van der Waals surface area contributed by atoms with Crippen LogP contribution in [0.5, 0.6) is 5.75 Å². The lowest BCUT2D eigenvalue weighted by atomic mass is 10.0. The third kappa shape index (κ3) is 3.02. The lowest BCUT2D eigenvalue weighted by Crippen LogP contribution is -2.38. The summed E-state index contributed by atoms with van der Waals surface area (Å²) in [6.45, 7) is 4.87. The zero-order valence-electron chi connectivity index (χ0n) is 13.7. The van der Waals surface area contributed by atoms with Gasteiger partial charge in [0.05, 0.1) is 13.2 Å². The van der Waals surface area contributed by atoms with Gasteiger partial charge in [0, 0.05) is 12.1 Å². The summed E-state index contributed by atoms with van der Waals surface area (Å²) in [4.78, 5) is 14.5. The van der Waals surface area contributed by atoms with Crippen molar-refractivity contribution < 1.29 is 13.9 Å². The average Bonchev–Trinajstić information content (AvgIpc) is 3.23. The Morgan fingerprint density at radius 3 is 2.61 bits per heavy atom. The molecule has 4 heteroatoms. The third-order valence-electron chi connectivity index (χ3n) is 4.13. The number of rotatable bonds is 4. The molecule has 0 N–H and O–H groups in total. The third-order valence-corrected chi connectivity index (χ3v) is 4.13. The number of nitrogens with zero attached hydrogens (tertiary/aromatic N) is 1. The van der Waals surface area contributed by atoms with Gasteiger partial charge in [0.15, 0.2) is 5.76 Å². The van der Waals surface area contributed by atoms with Crippen molar-refractivity contribution in [3.05, 3.63) is 54.3 Å². The SMILES string of the molecule is COc1ccc(-c2ccc(C(=O)N3CC=CC3C(C)C)o2)cc1. The van der Waals surface area contributed by atoms with Crippen LogP contribution in [0.25, 0.3) is 11.3 Å². The molecule has 1 unspecified atom stereocenters. The number of furan rings is 1. The Morgan fingerprint density at radius 1 is 1.22 bits per heavy atom. The predicted molar refractivity (Wildman–Crippen MR) is 89.5 cm³/mol. The van der Waals surface area contributed by atoms with Crippen molar-refractivity contribution in [1.29, 1.82) is 0 Å². The number of ether oxygens (including phenoxy) is 1. The molecule has 2 aromatic rings. The second-order valence-electron chi connectivity index (χ2n) is 6.01. The first kappa shape index (κ1) is 15.4. The maximum absolute atomic E-state index is 12.7. The predicted octanol–water partition coefficient (Wildman–Crippen LogP) is 3.99. The fourth-order valence-electron chi connectivity index (χ4n) is 2.84. The summed E-state index contributed by atoms with van der Waals surface area (Å²) in [6.07, 6.45) is 4.13. The normalized spacial score (nSPS) is 17.0. The van der Waals surface area contributed by atoms with E-state index >= 15 is 0 Å². The molecule has 0 spiro atoms. The molecule has 0 bridgehead atoms. The summed E-state index contributed by atoms with van der Waals surface area (Å²) in [5, 5.41) is 0. The molecular weight excluding hydrogens is 290 g/mol. The van der Waals surface area contributed by atoms with Crippen molar-refractivity contribution in [2.24, 2.45) is 5.92 Å². The molecule has 0 fully saturated rings. The number of hydrogen-bond acceptors (Lipinski definition) is 3. The van der Waals surface area contributed by atoms with Gasteiger partial charge in [-0.25, -0.2) is 0 Å². The lowest BCUT2D eigenvalue weighted by molar-refractivity contribution is 0.0689. The zero-order valence-corrected chi connectivity index (χ0v) is 13.7. The van der Waals surface area contributed by atoms with Gasteiger partial charge >= 0.3 is 0 Å². The summed E-state index contributed by atoms with van der Waals surface area (Å²) < 4.78 is 10.9. The zero-order chi connectivity index (χ0) is 16.4. The maximum Gasteiger partial charge on any atom is 0.290 e. The van der Waals surface area contributed by atoms with E-state index in [2.05, 4.69) is 19.9 Å². The van der Waals surface area contributed by atoms with Crippen LogP contribution >= 0.6 is 0 Å². The van der Waals surface area contributed by atoms with Gasteiger partial charge in [0.1, 0.15) is 11.5 Å². The quantitative estimate of drug-likeness (QED) is 0.802. The van der Waals surface area contributed by atoms with Crippen molar-refractivity contribution >= 4 is 5.91 Å². The van der Waals surface area contributed by atoms with E-state index in [-0.39, 0.29) is 11.9 Å². The van der Waals surface area contributed by atoms with E-state index in [9.17, 15) is 4.79 Å². The Hall–Kier alpha value is -2.49. The Morgan fingerprint density at radius 2 is 1.96 bits per heavy atom. The number of benzene rings is 1. The van der Waals surface area contributed by atoms with E-state index in [1.165, 1.54) is 0 Å². The van der Waals surface area contributed by atoms with Crippen molar-refractivity contribution in [2.45, 2.75) is 19.9 Å². The first-order valence-corrected chi connectivity index (χ1v) is 7.82. The van der Waals surface area contributed by atoms with Gasteiger partial charge in [0.25, 0.3) is 5.91 Å². The molecule has 23 heavy (non-hydrogen) atoms. The van der Waals surface area contributed by atoms with Gasteiger partial charge in [-0.2, -0.15) is 0 Å². The van der Waals surface area contributed by atoms with E-state index in [0.29, 0.717) is 24.0 Å². The van der Waals surface area contributed by atoms with Gasteiger partial charge < -0.3 is 14.1 Å². The minimum Gasteiger partial charge on any atom is -0.497 e. The highest BCUT2D eigenvalue weighted by Gasteiger charge is 2.29. The van der Waals surface area contributed by atoms with E-state index in [0.717, 1.165) is 11.3 Å². The summed E-state index contributed by atoms with van der Waals surface area (Å²) in [6, 6.07) is 11.3. The highest BCUT2D eigenvalue weighted by molar-refractivity contribution is 5.93. The molecule has 1 aromatic heterocycles. The molecule has 1 aliphatic heterocycles. The minimum absolute atomic E-state index is 0.0616. The second-order valence-corrected chi connectivity index (χ2v) is 6.01. The monoisotopic (exact) mass is 311 g/mol. The molecule has 4 nitrogen and oxygen atoms in total. The van der Waals surface area contributed by atoms with Gasteiger partial charge in [0.2, 0.25) is 0 Å². The summed E-state index contributed by atoms with van der Waals surface area (Å²) >= 11 is 0. The molecule has 1 amide bonds. The highest BCUT2D eigenvalue weighted by Crippen LogP contribution is 2.27. The van der Waals surface area contributed by atoms with Crippen molar-refractivity contribution in [3.63, 3.8) is 0 Å². The smallest absolute Gasteiger partial charge is 0.290 e. The molecule has 0 aliphatic carbocycles. The molecule has 0 saturated heterocycles. The maximum atomic E-state index is 12.7. The Kier molecular flexibility index (Phi) is 4.24.